The lowest BCUT2D eigenvalue weighted by molar-refractivity contribution is 0.398. The summed E-state index contributed by atoms with van der Waals surface area (Å²) in [5.41, 5.74) is 6.59. The second-order valence-corrected chi connectivity index (χ2v) is 8.27. The highest BCUT2D eigenvalue weighted by atomic mass is 16.5. The van der Waals surface area contributed by atoms with E-state index < -0.39 is 0 Å². The van der Waals surface area contributed by atoms with Gasteiger partial charge in [-0.2, -0.15) is 5.10 Å². The zero-order valence-corrected chi connectivity index (χ0v) is 17.3. The summed E-state index contributed by atoms with van der Waals surface area (Å²) in [4.78, 5) is 13.3. The molecule has 30 heavy (non-hydrogen) atoms. The lowest BCUT2D eigenvalue weighted by Crippen LogP contribution is -2.20. The minimum atomic E-state index is -0.0594. The number of hydrogen-bond donors (Lipinski definition) is 1. The van der Waals surface area contributed by atoms with Gasteiger partial charge in [-0.3, -0.25) is 5.10 Å². The van der Waals surface area contributed by atoms with Gasteiger partial charge in [0.1, 0.15) is 5.69 Å². The van der Waals surface area contributed by atoms with Gasteiger partial charge in [0.15, 0.2) is 5.65 Å². The van der Waals surface area contributed by atoms with Crippen molar-refractivity contribution in [2.75, 3.05) is 7.11 Å². The van der Waals surface area contributed by atoms with Crippen LogP contribution in [0.25, 0.3) is 44.5 Å². The molecule has 0 saturated heterocycles. The molecule has 7 nitrogen and oxygen atoms in total. The summed E-state index contributed by atoms with van der Waals surface area (Å²) in [7, 11) is 1.61. The van der Waals surface area contributed by atoms with Crippen molar-refractivity contribution in [1.29, 1.82) is 0 Å². The predicted molar refractivity (Wildman–Crippen MR) is 117 cm³/mol. The molecular formula is C23H22N6O. The number of benzene rings is 1. The lowest BCUT2D eigenvalue weighted by atomic mass is 10.0. The van der Waals surface area contributed by atoms with Gasteiger partial charge in [0, 0.05) is 40.5 Å². The van der Waals surface area contributed by atoms with Crippen LogP contribution in [0.15, 0.2) is 55.1 Å². The third-order valence-corrected chi connectivity index (χ3v) is 5.24. The number of imidazole rings is 1. The molecule has 1 aromatic carbocycles. The van der Waals surface area contributed by atoms with Crippen LogP contribution in [0.4, 0.5) is 0 Å². The Labute approximate surface area is 173 Å². The fourth-order valence-corrected chi connectivity index (χ4v) is 3.67. The molecule has 0 bridgehead atoms. The first-order valence-corrected chi connectivity index (χ1v) is 9.76. The molecule has 0 aliphatic rings. The number of aromatic amines is 1. The van der Waals surface area contributed by atoms with E-state index in [1.807, 2.05) is 30.7 Å². The Morgan fingerprint density at radius 2 is 1.80 bits per heavy atom. The smallest absolute Gasteiger partial charge is 0.213 e. The number of rotatable bonds is 3. The van der Waals surface area contributed by atoms with Crippen molar-refractivity contribution in [2.45, 2.75) is 26.3 Å². The lowest BCUT2D eigenvalue weighted by Gasteiger charge is -2.21. The molecule has 0 atom stereocenters. The zero-order chi connectivity index (χ0) is 20.9. The molecule has 0 aliphatic carbocycles. The highest BCUT2D eigenvalue weighted by Crippen LogP contribution is 2.32. The van der Waals surface area contributed by atoms with Crippen LogP contribution in [0.3, 0.4) is 0 Å². The monoisotopic (exact) mass is 398 g/mol. The predicted octanol–water partition coefficient (Wildman–Crippen LogP) is 4.80. The third kappa shape index (κ3) is 2.99. The second-order valence-electron chi connectivity index (χ2n) is 8.27. The number of H-pyrrole nitrogens is 1. The van der Waals surface area contributed by atoms with Gasteiger partial charge in [0.2, 0.25) is 5.88 Å². The van der Waals surface area contributed by atoms with Crippen LogP contribution in [0.2, 0.25) is 0 Å². The van der Waals surface area contributed by atoms with Crippen molar-refractivity contribution in [2.24, 2.45) is 0 Å². The Morgan fingerprint density at radius 1 is 0.933 bits per heavy atom. The van der Waals surface area contributed by atoms with Crippen molar-refractivity contribution in [3.8, 4) is 28.3 Å². The Kier molecular flexibility index (Phi) is 4.06. The molecule has 0 saturated carbocycles. The Bertz CT molecular complexity index is 1380. The van der Waals surface area contributed by atoms with E-state index in [1.54, 1.807) is 13.3 Å². The standard InChI is InChI=1S/C23H22N6O/c1-23(2,3)29-13-26-18-6-5-15(10-19(18)29)21-17-9-16(12-25-22(17)28-27-21)14-7-8-24-20(11-14)30-4/h5-13H,1-4H3,(H,25,27,28). The van der Waals surface area contributed by atoms with Crippen LogP contribution in [0.1, 0.15) is 20.8 Å². The Morgan fingerprint density at radius 3 is 2.60 bits per heavy atom. The first-order chi connectivity index (χ1) is 14.4. The van der Waals surface area contributed by atoms with E-state index in [-0.39, 0.29) is 5.54 Å². The first-order valence-electron chi connectivity index (χ1n) is 9.76. The van der Waals surface area contributed by atoms with E-state index >= 15 is 0 Å². The van der Waals surface area contributed by atoms with E-state index in [1.165, 1.54) is 0 Å². The maximum Gasteiger partial charge on any atom is 0.213 e. The number of pyridine rings is 2. The molecule has 0 radical (unpaired) electrons. The van der Waals surface area contributed by atoms with Crippen molar-refractivity contribution >= 4 is 22.1 Å². The maximum absolute atomic E-state index is 5.26. The van der Waals surface area contributed by atoms with E-state index in [0.717, 1.165) is 44.5 Å². The zero-order valence-electron chi connectivity index (χ0n) is 17.3. The Balaban J connectivity index is 1.66. The van der Waals surface area contributed by atoms with Gasteiger partial charge in [-0.25, -0.2) is 15.0 Å². The summed E-state index contributed by atoms with van der Waals surface area (Å²) < 4.78 is 7.44. The molecule has 4 aromatic heterocycles. The fraction of sp³-hybridized carbons (Fsp3) is 0.217. The van der Waals surface area contributed by atoms with Gasteiger partial charge in [-0.1, -0.05) is 6.07 Å². The topological polar surface area (TPSA) is 81.5 Å². The van der Waals surface area contributed by atoms with Crippen LogP contribution in [-0.4, -0.2) is 36.8 Å². The van der Waals surface area contributed by atoms with E-state index in [2.05, 4.69) is 68.7 Å². The van der Waals surface area contributed by atoms with Crippen LogP contribution in [0, 0.1) is 0 Å². The van der Waals surface area contributed by atoms with E-state index in [9.17, 15) is 0 Å². The largest absolute Gasteiger partial charge is 0.481 e. The Hall–Kier alpha value is -3.74. The number of fused-ring (bicyclic) bond motifs is 2. The van der Waals surface area contributed by atoms with Crippen molar-refractivity contribution in [3.05, 3.63) is 55.1 Å². The van der Waals surface area contributed by atoms with Crippen molar-refractivity contribution < 1.29 is 4.74 Å². The first kappa shape index (κ1) is 18.3. The van der Waals surface area contributed by atoms with Gasteiger partial charge in [0.25, 0.3) is 0 Å². The molecule has 5 aromatic rings. The quantitative estimate of drug-likeness (QED) is 0.472. The molecule has 7 heteroatoms. The average molecular weight is 398 g/mol. The molecule has 0 aliphatic heterocycles. The SMILES string of the molecule is COc1cc(-c2cnc3[nH]nc(-c4ccc5ncn(C(C)(C)C)c5c4)c3c2)ccn1. The summed E-state index contributed by atoms with van der Waals surface area (Å²) in [6.45, 7) is 6.51. The summed E-state index contributed by atoms with van der Waals surface area (Å²) in [5, 5.41) is 8.58. The average Bonchev–Trinajstić information content (AvgIpc) is 3.36. The fourth-order valence-electron chi connectivity index (χ4n) is 3.67. The van der Waals surface area contributed by atoms with Crippen LogP contribution in [-0.2, 0) is 5.54 Å². The number of hydrogen-bond acceptors (Lipinski definition) is 5. The number of ether oxygens (including phenoxy) is 1. The van der Waals surface area contributed by atoms with Gasteiger partial charge in [-0.15, -0.1) is 0 Å². The number of aromatic nitrogens is 6. The number of nitrogens with one attached hydrogen (secondary N) is 1. The number of methoxy groups -OCH3 is 1. The third-order valence-electron chi connectivity index (χ3n) is 5.24. The second kappa shape index (κ2) is 6.66. The molecule has 0 unspecified atom stereocenters. The minimum absolute atomic E-state index is 0.0594. The normalized spacial score (nSPS) is 12.0. The minimum Gasteiger partial charge on any atom is -0.481 e. The highest BCUT2D eigenvalue weighted by Gasteiger charge is 2.18. The molecule has 5 rings (SSSR count). The van der Waals surface area contributed by atoms with E-state index in [4.69, 9.17) is 4.74 Å². The summed E-state index contributed by atoms with van der Waals surface area (Å²) in [5.74, 6) is 0.570. The van der Waals surface area contributed by atoms with Gasteiger partial charge >= 0.3 is 0 Å². The van der Waals surface area contributed by atoms with Crippen LogP contribution < -0.4 is 4.74 Å². The summed E-state index contributed by atoms with van der Waals surface area (Å²) >= 11 is 0. The number of nitrogens with zero attached hydrogens (tertiary/aromatic N) is 5. The molecule has 1 N–H and O–H groups in total. The van der Waals surface area contributed by atoms with E-state index in [0.29, 0.717) is 5.88 Å². The summed E-state index contributed by atoms with van der Waals surface area (Å²) in [6.07, 6.45) is 5.46. The molecular weight excluding hydrogens is 376 g/mol. The summed E-state index contributed by atoms with van der Waals surface area (Å²) in [6, 6.07) is 12.2. The molecule has 0 fully saturated rings. The maximum atomic E-state index is 5.26. The van der Waals surface area contributed by atoms with Crippen LogP contribution >= 0.6 is 0 Å². The molecule has 0 amide bonds. The highest BCUT2D eigenvalue weighted by molar-refractivity contribution is 5.95. The van der Waals surface area contributed by atoms with Gasteiger partial charge < -0.3 is 9.30 Å². The molecule has 150 valence electrons. The molecule has 0 spiro atoms. The van der Waals surface area contributed by atoms with Gasteiger partial charge in [-0.05, 0) is 50.6 Å². The van der Waals surface area contributed by atoms with Gasteiger partial charge in [0.05, 0.1) is 24.5 Å². The van der Waals surface area contributed by atoms with Crippen molar-refractivity contribution in [1.82, 2.24) is 29.7 Å². The van der Waals surface area contributed by atoms with Crippen LogP contribution in [0.5, 0.6) is 5.88 Å². The van der Waals surface area contributed by atoms with Crippen molar-refractivity contribution in [3.63, 3.8) is 0 Å². The molecule has 4 heterocycles.